The van der Waals surface area contributed by atoms with E-state index in [1.807, 2.05) is 42.5 Å². The van der Waals surface area contributed by atoms with Crippen molar-refractivity contribution in [2.75, 3.05) is 0 Å². The van der Waals surface area contributed by atoms with Crippen LogP contribution >= 0.6 is 0 Å². The van der Waals surface area contributed by atoms with Gasteiger partial charge in [-0.25, -0.2) is 0 Å². The lowest BCUT2D eigenvalue weighted by Gasteiger charge is -2.18. The average Bonchev–Trinajstić information content (AvgIpc) is 2.47. The van der Waals surface area contributed by atoms with Crippen LogP contribution in [0.4, 0.5) is 0 Å². The summed E-state index contributed by atoms with van der Waals surface area (Å²) >= 11 is 0. The lowest BCUT2D eigenvalue weighted by atomic mass is 9.87. The van der Waals surface area contributed by atoms with E-state index in [0.29, 0.717) is 0 Å². The summed E-state index contributed by atoms with van der Waals surface area (Å²) in [6, 6.07) is 17.5. The van der Waals surface area contributed by atoms with E-state index in [0.717, 1.165) is 11.1 Å². The van der Waals surface area contributed by atoms with Crippen molar-refractivity contribution >= 4 is 5.78 Å². The number of ketones is 1. The molecule has 2 aromatic carbocycles. The van der Waals surface area contributed by atoms with Gasteiger partial charge in [-0.3, -0.25) is 4.79 Å². The minimum absolute atomic E-state index is 0.0643. The number of carbonyl (C=O) groups excluding carboxylic acids is 1. The van der Waals surface area contributed by atoms with Gasteiger partial charge in [0.1, 0.15) is 0 Å². The molecule has 1 nitrogen and oxygen atoms in total. The first-order valence-corrected chi connectivity index (χ1v) is 7.14. The molecule has 106 valence electrons. The smallest absolute Gasteiger partial charge is 0.174 e. The number of hydrogen-bond donors (Lipinski definition) is 0. The van der Waals surface area contributed by atoms with Crippen LogP contribution in [0.15, 0.2) is 54.6 Å². The molecule has 0 N–H and O–H groups in total. The Morgan fingerprint density at radius 2 is 1.57 bits per heavy atom. The second-order valence-corrected chi connectivity index (χ2v) is 6.10. The Bertz CT molecular complexity index is 662. The number of Topliss-reactive ketones (excluding diaryl/α,β-unsaturated/α-hetero) is 1. The molecule has 0 heterocycles. The van der Waals surface area contributed by atoms with E-state index < -0.39 is 0 Å². The third-order valence-electron chi connectivity index (χ3n) is 3.33. The van der Waals surface area contributed by atoms with Gasteiger partial charge in [0, 0.05) is 11.1 Å². The molecule has 0 amide bonds. The van der Waals surface area contributed by atoms with Crippen molar-refractivity contribution in [3.63, 3.8) is 0 Å². The van der Waals surface area contributed by atoms with Gasteiger partial charge in [0.2, 0.25) is 0 Å². The first-order chi connectivity index (χ1) is 9.97. The second-order valence-electron chi connectivity index (χ2n) is 6.10. The maximum Gasteiger partial charge on any atom is 0.174 e. The van der Waals surface area contributed by atoms with Gasteiger partial charge < -0.3 is 0 Å². The zero-order valence-corrected chi connectivity index (χ0v) is 12.8. The minimum atomic E-state index is 0.0643. The molecule has 0 atom stereocenters. The molecule has 0 radical (unpaired) electrons. The van der Waals surface area contributed by atoms with Gasteiger partial charge in [-0.1, -0.05) is 75.1 Å². The summed E-state index contributed by atoms with van der Waals surface area (Å²) in [5, 5.41) is 0. The lowest BCUT2D eigenvalue weighted by Crippen LogP contribution is -2.10. The van der Waals surface area contributed by atoms with Crippen LogP contribution in [0, 0.1) is 11.8 Å². The number of benzene rings is 2. The first-order valence-electron chi connectivity index (χ1n) is 7.14. The van der Waals surface area contributed by atoms with E-state index in [4.69, 9.17) is 0 Å². The third-order valence-corrected chi connectivity index (χ3v) is 3.33. The van der Waals surface area contributed by atoms with Crippen molar-refractivity contribution < 1.29 is 4.79 Å². The van der Waals surface area contributed by atoms with E-state index in [1.54, 1.807) is 0 Å². The summed E-state index contributed by atoms with van der Waals surface area (Å²) in [4.78, 5) is 11.9. The Balaban J connectivity index is 2.02. The molecule has 2 aromatic rings. The van der Waals surface area contributed by atoms with Gasteiger partial charge in [0.05, 0.1) is 6.42 Å². The Labute approximate surface area is 127 Å². The molecule has 0 aromatic heterocycles. The van der Waals surface area contributed by atoms with E-state index in [1.165, 1.54) is 5.56 Å². The van der Waals surface area contributed by atoms with Crippen LogP contribution in [0.3, 0.4) is 0 Å². The third kappa shape index (κ3) is 4.33. The van der Waals surface area contributed by atoms with Crippen molar-refractivity contribution in [2.45, 2.75) is 32.6 Å². The van der Waals surface area contributed by atoms with Crippen molar-refractivity contribution in [3.05, 3.63) is 71.3 Å². The number of rotatable bonds is 2. The van der Waals surface area contributed by atoms with Crippen molar-refractivity contribution in [1.82, 2.24) is 0 Å². The zero-order valence-electron chi connectivity index (χ0n) is 12.8. The highest BCUT2D eigenvalue weighted by Crippen LogP contribution is 2.21. The monoisotopic (exact) mass is 276 g/mol. The summed E-state index contributed by atoms with van der Waals surface area (Å²) < 4.78 is 0. The highest BCUT2D eigenvalue weighted by Gasteiger charge is 2.12. The maximum absolute atomic E-state index is 11.9. The summed E-state index contributed by atoms with van der Waals surface area (Å²) in [6.07, 6.45) is 0.255. The fourth-order valence-electron chi connectivity index (χ4n) is 2.01. The average molecular weight is 276 g/mol. The summed E-state index contributed by atoms with van der Waals surface area (Å²) in [5.74, 6) is 6.08. The van der Waals surface area contributed by atoms with Crippen molar-refractivity contribution in [3.8, 4) is 11.8 Å². The highest BCUT2D eigenvalue weighted by molar-refractivity contribution is 5.97. The van der Waals surface area contributed by atoms with Gasteiger partial charge in [0.25, 0.3) is 0 Å². The van der Waals surface area contributed by atoms with E-state index in [9.17, 15) is 4.79 Å². The molecule has 1 heteroatoms. The molecule has 0 unspecified atom stereocenters. The molecule has 0 bridgehead atoms. The Kier molecular flexibility index (Phi) is 4.60. The molecule has 0 aliphatic rings. The molecular weight excluding hydrogens is 256 g/mol. The Morgan fingerprint density at radius 1 is 0.952 bits per heavy atom. The molecule has 0 aliphatic heterocycles. The summed E-state index contributed by atoms with van der Waals surface area (Å²) in [5.41, 5.74) is 3.10. The van der Waals surface area contributed by atoms with Crippen molar-refractivity contribution in [2.24, 2.45) is 0 Å². The quantitative estimate of drug-likeness (QED) is 0.578. The molecule has 0 fully saturated rings. The molecule has 0 saturated carbocycles. The van der Waals surface area contributed by atoms with Crippen LogP contribution in [0.1, 0.15) is 48.7 Å². The van der Waals surface area contributed by atoms with Crippen LogP contribution in [0.5, 0.6) is 0 Å². The largest absolute Gasteiger partial charge is 0.293 e. The van der Waals surface area contributed by atoms with Crippen LogP contribution in [0.2, 0.25) is 0 Å². The van der Waals surface area contributed by atoms with Crippen molar-refractivity contribution in [1.29, 1.82) is 0 Å². The zero-order chi connectivity index (χ0) is 15.3. The molecule has 0 aliphatic carbocycles. The number of hydrogen-bond acceptors (Lipinski definition) is 1. The maximum atomic E-state index is 11.9. The summed E-state index contributed by atoms with van der Waals surface area (Å²) in [6.45, 7) is 6.56. The van der Waals surface area contributed by atoms with Gasteiger partial charge in [-0.2, -0.15) is 0 Å². The minimum Gasteiger partial charge on any atom is -0.293 e. The van der Waals surface area contributed by atoms with E-state index in [2.05, 4.69) is 44.7 Å². The normalized spacial score (nSPS) is 10.6. The summed E-state index contributed by atoms with van der Waals surface area (Å²) in [7, 11) is 0. The SMILES string of the molecule is CC(C)(C)c1ccc(C#CCC(=O)c2ccccc2)cc1. The van der Waals surface area contributed by atoms with Gasteiger partial charge >= 0.3 is 0 Å². The molecule has 0 saturated heterocycles. The fourth-order valence-corrected chi connectivity index (χ4v) is 2.01. The highest BCUT2D eigenvalue weighted by atomic mass is 16.1. The molecule has 0 spiro atoms. The van der Waals surface area contributed by atoms with Gasteiger partial charge in [0.15, 0.2) is 5.78 Å². The molecule has 2 rings (SSSR count). The van der Waals surface area contributed by atoms with Crippen LogP contribution < -0.4 is 0 Å². The lowest BCUT2D eigenvalue weighted by molar-refractivity contribution is 0.0998. The van der Waals surface area contributed by atoms with Crippen LogP contribution in [-0.4, -0.2) is 5.78 Å². The molecular formula is C20H20O. The number of carbonyl (C=O) groups is 1. The van der Waals surface area contributed by atoms with E-state index in [-0.39, 0.29) is 17.6 Å². The predicted octanol–water partition coefficient (Wildman–Crippen LogP) is 4.61. The van der Waals surface area contributed by atoms with Gasteiger partial charge in [-0.05, 0) is 23.1 Å². The Morgan fingerprint density at radius 3 is 2.14 bits per heavy atom. The van der Waals surface area contributed by atoms with Crippen LogP contribution in [-0.2, 0) is 5.41 Å². The molecule has 21 heavy (non-hydrogen) atoms. The predicted molar refractivity (Wildman–Crippen MR) is 87.4 cm³/mol. The standard InChI is InChI=1S/C20H20O/c1-20(2,3)18-14-12-16(13-15-18)8-7-11-19(21)17-9-5-4-6-10-17/h4-6,9-10,12-15H,11H2,1-3H3. The fraction of sp³-hybridized carbons (Fsp3) is 0.250. The van der Waals surface area contributed by atoms with E-state index >= 15 is 0 Å². The first kappa shape index (κ1) is 15.1. The second kappa shape index (κ2) is 6.41. The Hall–Kier alpha value is -2.33. The van der Waals surface area contributed by atoms with Gasteiger partial charge in [-0.15, -0.1) is 0 Å². The topological polar surface area (TPSA) is 17.1 Å². The van der Waals surface area contributed by atoms with Crippen LogP contribution in [0.25, 0.3) is 0 Å².